The Morgan fingerprint density at radius 3 is 2.89 bits per heavy atom. The Hall–Kier alpha value is -2.38. The van der Waals surface area contributed by atoms with E-state index in [2.05, 4.69) is 16.0 Å². The summed E-state index contributed by atoms with van der Waals surface area (Å²) in [6.45, 7) is 0. The van der Waals surface area contributed by atoms with E-state index in [-0.39, 0.29) is 0 Å². The van der Waals surface area contributed by atoms with Gasteiger partial charge in [0.05, 0.1) is 0 Å². The highest BCUT2D eigenvalue weighted by molar-refractivity contribution is 6.32. The molecule has 3 heterocycles. The van der Waals surface area contributed by atoms with Gasteiger partial charge in [0.1, 0.15) is 22.6 Å². The van der Waals surface area contributed by atoms with Crippen LogP contribution in [0.4, 0.5) is 0 Å². The molecule has 0 saturated heterocycles. The minimum atomic E-state index is 0.345. The lowest BCUT2D eigenvalue weighted by atomic mass is 10.2. The summed E-state index contributed by atoms with van der Waals surface area (Å²) in [5.41, 5.74) is 2.39. The topological polar surface area (TPSA) is 54.0 Å². The SMILES string of the molecule is N#Cc1c(-c2cccnc2Cl)nc2ccccn12. The van der Waals surface area contributed by atoms with Gasteiger partial charge in [0, 0.05) is 18.0 Å². The maximum atomic E-state index is 9.28. The fourth-order valence-corrected chi connectivity index (χ4v) is 2.06. The molecule has 0 saturated carbocycles. The van der Waals surface area contributed by atoms with Crippen molar-refractivity contribution in [2.24, 2.45) is 0 Å². The van der Waals surface area contributed by atoms with Gasteiger partial charge in [-0.15, -0.1) is 0 Å². The minimum Gasteiger partial charge on any atom is -0.291 e. The first-order chi connectivity index (χ1) is 8.81. The standard InChI is InChI=1S/C13H7ClN4/c14-13-9(4-3-6-16-13)12-10(8-15)18-7-2-1-5-11(18)17-12/h1-7H. The molecule has 3 aromatic rings. The zero-order valence-corrected chi connectivity index (χ0v) is 9.96. The maximum Gasteiger partial charge on any atom is 0.152 e. The number of pyridine rings is 2. The summed E-state index contributed by atoms with van der Waals surface area (Å²) in [5.74, 6) is 0. The summed E-state index contributed by atoms with van der Waals surface area (Å²) >= 11 is 6.05. The van der Waals surface area contributed by atoms with Gasteiger partial charge in [0.15, 0.2) is 5.69 Å². The molecule has 0 bridgehead atoms. The van der Waals surface area contributed by atoms with Crippen LogP contribution in [-0.4, -0.2) is 14.4 Å². The van der Waals surface area contributed by atoms with Gasteiger partial charge in [-0.2, -0.15) is 5.26 Å². The summed E-state index contributed by atoms with van der Waals surface area (Å²) in [6.07, 6.45) is 3.41. The fraction of sp³-hybridized carbons (Fsp3) is 0. The molecule has 86 valence electrons. The van der Waals surface area contributed by atoms with Crippen LogP contribution in [0.3, 0.4) is 0 Å². The smallest absolute Gasteiger partial charge is 0.152 e. The molecule has 0 aliphatic carbocycles. The lowest BCUT2D eigenvalue weighted by Crippen LogP contribution is -1.89. The van der Waals surface area contributed by atoms with Crippen molar-refractivity contribution in [3.63, 3.8) is 0 Å². The molecule has 3 aromatic heterocycles. The summed E-state index contributed by atoms with van der Waals surface area (Å²) in [7, 11) is 0. The van der Waals surface area contributed by atoms with E-state index in [0.29, 0.717) is 27.8 Å². The first-order valence-corrected chi connectivity index (χ1v) is 5.67. The van der Waals surface area contributed by atoms with Crippen LogP contribution in [0, 0.1) is 11.3 Å². The third kappa shape index (κ3) is 1.53. The van der Waals surface area contributed by atoms with Gasteiger partial charge in [-0.25, -0.2) is 9.97 Å². The van der Waals surface area contributed by atoms with Gasteiger partial charge in [-0.1, -0.05) is 17.7 Å². The van der Waals surface area contributed by atoms with E-state index in [4.69, 9.17) is 11.6 Å². The van der Waals surface area contributed by atoms with Gasteiger partial charge in [0.25, 0.3) is 0 Å². The molecule has 18 heavy (non-hydrogen) atoms. The zero-order chi connectivity index (χ0) is 12.5. The molecular weight excluding hydrogens is 248 g/mol. The molecule has 0 aliphatic heterocycles. The van der Waals surface area contributed by atoms with Gasteiger partial charge >= 0.3 is 0 Å². The molecule has 4 nitrogen and oxygen atoms in total. The second-order valence-electron chi connectivity index (χ2n) is 3.69. The molecule has 5 heteroatoms. The van der Waals surface area contributed by atoms with E-state index in [1.807, 2.05) is 18.2 Å². The van der Waals surface area contributed by atoms with E-state index >= 15 is 0 Å². The second-order valence-corrected chi connectivity index (χ2v) is 4.05. The van der Waals surface area contributed by atoms with Crippen LogP contribution in [-0.2, 0) is 0 Å². The summed E-state index contributed by atoms with van der Waals surface area (Å²) in [6, 6.07) is 11.3. The number of fused-ring (bicyclic) bond motifs is 1. The number of nitriles is 1. The largest absolute Gasteiger partial charge is 0.291 e. The highest BCUT2D eigenvalue weighted by atomic mass is 35.5. The summed E-state index contributed by atoms with van der Waals surface area (Å²) < 4.78 is 1.73. The van der Waals surface area contributed by atoms with E-state index in [1.54, 1.807) is 28.9 Å². The number of hydrogen-bond donors (Lipinski definition) is 0. The Kier molecular flexibility index (Phi) is 2.47. The van der Waals surface area contributed by atoms with Crippen molar-refractivity contribution in [3.05, 3.63) is 53.6 Å². The minimum absolute atomic E-state index is 0.345. The third-order valence-electron chi connectivity index (χ3n) is 2.65. The van der Waals surface area contributed by atoms with Gasteiger partial charge in [0.2, 0.25) is 0 Å². The van der Waals surface area contributed by atoms with Crippen LogP contribution in [0.1, 0.15) is 5.69 Å². The molecular formula is C13H7ClN4. The Bertz CT molecular complexity index is 770. The van der Waals surface area contributed by atoms with Crippen LogP contribution >= 0.6 is 11.6 Å². The zero-order valence-electron chi connectivity index (χ0n) is 9.21. The van der Waals surface area contributed by atoms with Gasteiger partial charge in [-0.05, 0) is 24.3 Å². The number of rotatable bonds is 1. The quantitative estimate of drug-likeness (QED) is 0.628. The van der Waals surface area contributed by atoms with Crippen molar-refractivity contribution in [2.75, 3.05) is 0 Å². The highest BCUT2D eigenvalue weighted by Gasteiger charge is 2.15. The number of nitrogens with zero attached hydrogens (tertiary/aromatic N) is 4. The third-order valence-corrected chi connectivity index (χ3v) is 2.95. The first-order valence-electron chi connectivity index (χ1n) is 5.29. The van der Waals surface area contributed by atoms with E-state index in [1.165, 1.54) is 0 Å². The van der Waals surface area contributed by atoms with Gasteiger partial charge < -0.3 is 0 Å². The lowest BCUT2D eigenvalue weighted by molar-refractivity contribution is 1.15. The van der Waals surface area contributed by atoms with Crippen LogP contribution in [0.15, 0.2) is 42.7 Å². The van der Waals surface area contributed by atoms with Crippen LogP contribution in [0.25, 0.3) is 16.9 Å². The van der Waals surface area contributed by atoms with Crippen LogP contribution in [0.2, 0.25) is 5.15 Å². The van der Waals surface area contributed by atoms with Crippen molar-refractivity contribution in [1.82, 2.24) is 14.4 Å². The maximum absolute atomic E-state index is 9.28. The highest BCUT2D eigenvalue weighted by Crippen LogP contribution is 2.28. The first kappa shape index (κ1) is 10.8. The van der Waals surface area contributed by atoms with E-state index in [9.17, 15) is 5.26 Å². The van der Waals surface area contributed by atoms with Crippen LogP contribution < -0.4 is 0 Å². The van der Waals surface area contributed by atoms with E-state index in [0.717, 1.165) is 0 Å². The monoisotopic (exact) mass is 254 g/mol. The van der Waals surface area contributed by atoms with Crippen molar-refractivity contribution < 1.29 is 0 Å². The molecule has 0 atom stereocenters. The van der Waals surface area contributed by atoms with Gasteiger partial charge in [-0.3, -0.25) is 4.40 Å². The summed E-state index contributed by atoms with van der Waals surface area (Å²) in [4.78, 5) is 8.44. The van der Waals surface area contributed by atoms with Crippen molar-refractivity contribution >= 4 is 17.2 Å². The Morgan fingerprint density at radius 2 is 2.11 bits per heavy atom. The van der Waals surface area contributed by atoms with Crippen molar-refractivity contribution in [2.45, 2.75) is 0 Å². The molecule has 0 amide bonds. The number of aromatic nitrogens is 3. The molecule has 0 aliphatic rings. The molecule has 0 N–H and O–H groups in total. The Labute approximate surface area is 108 Å². The predicted molar refractivity (Wildman–Crippen MR) is 68.1 cm³/mol. The average Bonchev–Trinajstić information content (AvgIpc) is 2.77. The van der Waals surface area contributed by atoms with Crippen molar-refractivity contribution in [3.8, 4) is 17.3 Å². The summed E-state index contributed by atoms with van der Waals surface area (Å²) in [5, 5.41) is 9.63. The molecule has 0 fully saturated rings. The second kappa shape index (κ2) is 4.13. The molecule has 3 rings (SSSR count). The molecule has 0 spiro atoms. The fourth-order valence-electron chi connectivity index (χ4n) is 1.85. The van der Waals surface area contributed by atoms with E-state index < -0.39 is 0 Å². The average molecular weight is 255 g/mol. The molecule has 0 aromatic carbocycles. The molecule has 0 radical (unpaired) electrons. The predicted octanol–water partition coefficient (Wildman–Crippen LogP) is 2.92. The normalized spacial score (nSPS) is 10.4. The van der Waals surface area contributed by atoms with Crippen molar-refractivity contribution in [1.29, 1.82) is 5.26 Å². The molecule has 0 unspecified atom stereocenters. The lowest BCUT2D eigenvalue weighted by Gasteiger charge is -1.99. The van der Waals surface area contributed by atoms with Crippen LogP contribution in [0.5, 0.6) is 0 Å². The number of halogens is 1. The Morgan fingerprint density at radius 1 is 1.22 bits per heavy atom. The number of imidazole rings is 1. The Balaban J connectivity index is 2.37. The number of hydrogen-bond acceptors (Lipinski definition) is 3.